The fourth-order valence-corrected chi connectivity index (χ4v) is 3.84. The number of hydrogen-bond donors (Lipinski definition) is 1. The zero-order chi connectivity index (χ0) is 20.7. The number of anilines is 1. The van der Waals surface area contributed by atoms with Crippen LogP contribution in [-0.2, 0) is 17.8 Å². The third-order valence-electron chi connectivity index (χ3n) is 5.39. The monoisotopic (exact) mass is 396 g/mol. The first kappa shape index (κ1) is 18.2. The maximum Gasteiger partial charge on any atom is 0.230 e. The van der Waals surface area contributed by atoms with Gasteiger partial charge in [-0.1, -0.05) is 42.5 Å². The van der Waals surface area contributed by atoms with Gasteiger partial charge in [0.25, 0.3) is 0 Å². The molecule has 2 aromatic heterocycles. The number of aryl methyl sites for hydroxylation is 2. The molecular formula is C24H20N4O2. The molecule has 6 nitrogen and oxygen atoms in total. The van der Waals surface area contributed by atoms with Gasteiger partial charge in [0.2, 0.25) is 11.8 Å². The number of carbonyl (C=O) groups is 1. The maximum absolute atomic E-state index is 11.7. The molecule has 0 aliphatic carbocycles. The fraction of sp³-hybridized carbons (Fsp3) is 0.167. The van der Waals surface area contributed by atoms with Crippen molar-refractivity contribution in [2.24, 2.45) is 0 Å². The number of pyridine rings is 1. The minimum absolute atomic E-state index is 0.0983. The summed E-state index contributed by atoms with van der Waals surface area (Å²) in [6.45, 7) is 4.44. The molecule has 1 aliphatic heterocycles. The van der Waals surface area contributed by atoms with E-state index >= 15 is 0 Å². The highest BCUT2D eigenvalue weighted by Crippen LogP contribution is 2.32. The number of rotatable bonds is 4. The van der Waals surface area contributed by atoms with Crippen molar-refractivity contribution in [2.45, 2.75) is 26.9 Å². The lowest BCUT2D eigenvalue weighted by Crippen LogP contribution is -2.05. The molecule has 0 fully saturated rings. The van der Waals surface area contributed by atoms with Crippen molar-refractivity contribution in [1.82, 2.24) is 15.0 Å². The molecule has 0 spiro atoms. The quantitative estimate of drug-likeness (QED) is 0.554. The summed E-state index contributed by atoms with van der Waals surface area (Å²) < 4.78 is 6.08. The average Bonchev–Trinajstić information content (AvgIpc) is 3.13. The molecule has 1 aliphatic rings. The van der Waals surface area contributed by atoms with Gasteiger partial charge in [-0.3, -0.25) is 4.79 Å². The summed E-state index contributed by atoms with van der Waals surface area (Å²) in [5.74, 6) is 0.855. The Morgan fingerprint density at radius 2 is 1.87 bits per heavy atom. The van der Waals surface area contributed by atoms with Crippen LogP contribution >= 0.6 is 0 Å². The van der Waals surface area contributed by atoms with Gasteiger partial charge in [-0.2, -0.15) is 0 Å². The zero-order valence-corrected chi connectivity index (χ0v) is 16.8. The number of nitrogens with one attached hydrogen (secondary N) is 1. The summed E-state index contributed by atoms with van der Waals surface area (Å²) in [7, 11) is 0. The van der Waals surface area contributed by atoms with E-state index in [4.69, 9.17) is 9.72 Å². The molecule has 1 N–H and O–H groups in total. The molecule has 0 radical (unpaired) electrons. The topological polar surface area (TPSA) is 77.0 Å². The molecule has 4 aromatic rings. The number of nitrogens with zero attached hydrogens (tertiary/aromatic N) is 3. The molecule has 6 heteroatoms. The van der Waals surface area contributed by atoms with Gasteiger partial charge in [-0.05, 0) is 31.0 Å². The first-order valence-corrected chi connectivity index (χ1v) is 9.82. The van der Waals surface area contributed by atoms with Crippen LogP contribution in [0, 0.1) is 13.8 Å². The summed E-state index contributed by atoms with van der Waals surface area (Å²) in [6, 6.07) is 16.5. The lowest BCUT2D eigenvalue weighted by Gasteiger charge is -2.15. The largest absolute Gasteiger partial charge is 0.472 e. The lowest BCUT2D eigenvalue weighted by atomic mass is 9.99. The van der Waals surface area contributed by atoms with Gasteiger partial charge >= 0.3 is 0 Å². The van der Waals surface area contributed by atoms with Crippen LogP contribution in [0.3, 0.4) is 0 Å². The lowest BCUT2D eigenvalue weighted by molar-refractivity contribution is -0.115. The molecule has 1 amide bonds. The number of carbonyl (C=O) groups excluding carboxylic acids is 1. The van der Waals surface area contributed by atoms with Gasteiger partial charge in [-0.25, -0.2) is 15.0 Å². The number of benzene rings is 2. The van der Waals surface area contributed by atoms with E-state index in [2.05, 4.69) is 59.5 Å². The second-order valence-electron chi connectivity index (χ2n) is 7.48. The smallest absolute Gasteiger partial charge is 0.230 e. The Balaban J connectivity index is 1.59. The Labute approximate surface area is 174 Å². The predicted molar refractivity (Wildman–Crippen MR) is 115 cm³/mol. The van der Waals surface area contributed by atoms with Gasteiger partial charge in [0.1, 0.15) is 18.8 Å². The van der Waals surface area contributed by atoms with Crippen molar-refractivity contribution in [3.8, 4) is 17.1 Å². The molecule has 0 saturated carbocycles. The Hall–Kier alpha value is -3.80. The average molecular weight is 396 g/mol. The van der Waals surface area contributed by atoms with Gasteiger partial charge < -0.3 is 10.1 Å². The Bertz CT molecular complexity index is 1300. The van der Waals surface area contributed by atoms with Gasteiger partial charge in [0.05, 0.1) is 23.2 Å². The van der Waals surface area contributed by atoms with Gasteiger partial charge in [0.15, 0.2) is 0 Å². The molecule has 0 unspecified atom stereocenters. The third-order valence-corrected chi connectivity index (χ3v) is 5.39. The highest BCUT2D eigenvalue weighted by Gasteiger charge is 2.24. The summed E-state index contributed by atoms with van der Waals surface area (Å²) >= 11 is 0. The van der Waals surface area contributed by atoms with Gasteiger partial charge in [-0.15, -0.1) is 0 Å². The van der Waals surface area contributed by atoms with Crippen LogP contribution in [0.5, 0.6) is 5.88 Å². The van der Waals surface area contributed by atoms with Crippen LogP contribution in [0.2, 0.25) is 0 Å². The van der Waals surface area contributed by atoms with Crippen LogP contribution in [0.4, 0.5) is 5.82 Å². The number of aromatic nitrogens is 3. The highest BCUT2D eigenvalue weighted by molar-refractivity contribution is 5.98. The Kier molecular flexibility index (Phi) is 4.39. The summed E-state index contributed by atoms with van der Waals surface area (Å²) in [6.07, 6.45) is 1.63. The minimum Gasteiger partial charge on any atom is -0.472 e. The van der Waals surface area contributed by atoms with E-state index in [1.54, 1.807) is 0 Å². The van der Waals surface area contributed by atoms with Crippen LogP contribution in [0.15, 0.2) is 54.9 Å². The van der Waals surface area contributed by atoms with Crippen LogP contribution in [-0.4, -0.2) is 20.9 Å². The van der Waals surface area contributed by atoms with Crippen molar-refractivity contribution < 1.29 is 9.53 Å². The molecule has 30 heavy (non-hydrogen) atoms. The molecule has 3 heterocycles. The van der Waals surface area contributed by atoms with Crippen molar-refractivity contribution >= 4 is 22.6 Å². The van der Waals surface area contributed by atoms with Crippen LogP contribution in [0.25, 0.3) is 22.2 Å². The van der Waals surface area contributed by atoms with E-state index in [1.807, 2.05) is 18.2 Å². The summed E-state index contributed by atoms with van der Waals surface area (Å²) in [5.41, 5.74) is 6.90. The molecular weight excluding hydrogens is 376 g/mol. The number of fused-ring (bicyclic) bond motifs is 2. The first-order chi connectivity index (χ1) is 14.6. The van der Waals surface area contributed by atoms with Gasteiger partial charge in [0, 0.05) is 16.5 Å². The zero-order valence-electron chi connectivity index (χ0n) is 16.8. The van der Waals surface area contributed by atoms with E-state index in [0.29, 0.717) is 17.3 Å². The number of ether oxygens (including phenoxy) is 1. The number of para-hydroxylation sites is 1. The molecule has 2 aromatic carbocycles. The summed E-state index contributed by atoms with van der Waals surface area (Å²) in [4.78, 5) is 25.1. The van der Waals surface area contributed by atoms with Crippen molar-refractivity contribution in [3.63, 3.8) is 0 Å². The molecule has 0 atom stereocenters. The third kappa shape index (κ3) is 3.16. The highest BCUT2D eigenvalue weighted by atomic mass is 16.5. The minimum atomic E-state index is -0.0983. The standard InChI is InChI=1S/C24H20N4O2/c1-14-6-3-4-9-18(14)22-17(10-16-8-5-7-15(2)21(16)28-22)12-30-24-19-11-20(29)27-23(19)25-13-26-24/h3-10,13H,11-12H2,1-2H3,(H,25,26,27,29). The van der Waals surface area contributed by atoms with E-state index in [1.165, 1.54) is 6.33 Å². The number of amides is 1. The van der Waals surface area contributed by atoms with Crippen LogP contribution in [0.1, 0.15) is 22.3 Å². The molecule has 0 saturated heterocycles. The fourth-order valence-electron chi connectivity index (χ4n) is 3.84. The predicted octanol–water partition coefficient (Wildman–Crippen LogP) is 4.38. The molecule has 5 rings (SSSR count). The SMILES string of the molecule is Cc1ccccc1-c1nc2c(C)cccc2cc1COc1ncnc2c1CC(=O)N2. The van der Waals surface area contributed by atoms with E-state index in [0.717, 1.165) is 38.9 Å². The van der Waals surface area contributed by atoms with E-state index < -0.39 is 0 Å². The maximum atomic E-state index is 11.7. The van der Waals surface area contributed by atoms with E-state index in [-0.39, 0.29) is 18.9 Å². The first-order valence-electron chi connectivity index (χ1n) is 9.82. The molecule has 0 bridgehead atoms. The second kappa shape index (κ2) is 7.22. The second-order valence-corrected chi connectivity index (χ2v) is 7.48. The van der Waals surface area contributed by atoms with Crippen molar-refractivity contribution in [2.75, 3.05) is 5.32 Å². The molecule has 148 valence electrons. The number of hydrogen-bond acceptors (Lipinski definition) is 5. The van der Waals surface area contributed by atoms with E-state index in [9.17, 15) is 4.79 Å². The Morgan fingerprint density at radius 3 is 2.73 bits per heavy atom. The Morgan fingerprint density at radius 1 is 1.03 bits per heavy atom. The van der Waals surface area contributed by atoms with Crippen LogP contribution < -0.4 is 10.1 Å². The van der Waals surface area contributed by atoms with Crippen molar-refractivity contribution in [3.05, 3.63) is 77.1 Å². The normalized spacial score (nSPS) is 12.7. The summed E-state index contributed by atoms with van der Waals surface area (Å²) in [5, 5.41) is 3.79. The van der Waals surface area contributed by atoms with Crippen molar-refractivity contribution in [1.29, 1.82) is 0 Å².